The molecule has 1 aliphatic heterocycles. The van der Waals surface area contributed by atoms with E-state index in [9.17, 15) is 19.5 Å². The second-order valence-corrected chi connectivity index (χ2v) is 7.81. The summed E-state index contributed by atoms with van der Waals surface area (Å²) < 4.78 is 7.39. The Morgan fingerprint density at radius 2 is 2.26 bits per heavy atom. The van der Waals surface area contributed by atoms with Gasteiger partial charge < -0.3 is 9.84 Å². The number of aromatic amines is 1. The molecule has 1 aliphatic rings. The highest BCUT2D eigenvalue weighted by Gasteiger charge is 2.36. The summed E-state index contributed by atoms with van der Waals surface area (Å²) in [5.74, 6) is -0.195. The summed E-state index contributed by atoms with van der Waals surface area (Å²) in [6, 6.07) is 0. The van der Waals surface area contributed by atoms with Crippen molar-refractivity contribution in [3.05, 3.63) is 16.7 Å². The predicted molar refractivity (Wildman–Crippen MR) is 99.3 cm³/mol. The number of amides is 1. The van der Waals surface area contributed by atoms with Gasteiger partial charge in [0.15, 0.2) is 16.3 Å². The van der Waals surface area contributed by atoms with Crippen LogP contribution in [0.3, 0.4) is 0 Å². The molecule has 1 unspecified atom stereocenters. The van der Waals surface area contributed by atoms with Crippen LogP contribution in [0.25, 0.3) is 11.2 Å². The van der Waals surface area contributed by atoms with E-state index in [4.69, 9.17) is 4.74 Å². The molecule has 0 spiro atoms. The second kappa shape index (κ2) is 7.79. The first-order chi connectivity index (χ1) is 12.8. The van der Waals surface area contributed by atoms with Crippen molar-refractivity contribution in [1.29, 1.82) is 0 Å². The maximum atomic E-state index is 12.2. The quantitative estimate of drug-likeness (QED) is 0.670. The van der Waals surface area contributed by atoms with E-state index in [1.165, 1.54) is 13.3 Å². The van der Waals surface area contributed by atoms with E-state index in [2.05, 4.69) is 20.3 Å². The third kappa shape index (κ3) is 4.20. The SMILES string of the molecule is CC(=O)SC[C@H]1O[C@@H](n2cnc3c(=O)[nH]c(NC(=O)C(C)C)nc32)CC1O. The van der Waals surface area contributed by atoms with Gasteiger partial charge in [0.05, 0.1) is 18.5 Å². The zero-order valence-corrected chi connectivity index (χ0v) is 15.9. The van der Waals surface area contributed by atoms with Crippen LogP contribution in [0.4, 0.5) is 5.95 Å². The van der Waals surface area contributed by atoms with Gasteiger partial charge in [-0.2, -0.15) is 4.98 Å². The van der Waals surface area contributed by atoms with Gasteiger partial charge in [0.25, 0.3) is 5.56 Å². The predicted octanol–water partition coefficient (Wildman–Crippen LogP) is 0.642. The fraction of sp³-hybridized carbons (Fsp3) is 0.562. The minimum atomic E-state index is -0.749. The fourth-order valence-corrected chi connectivity index (χ4v) is 3.39. The van der Waals surface area contributed by atoms with Crippen LogP contribution in [-0.4, -0.2) is 53.6 Å². The van der Waals surface area contributed by atoms with Crippen LogP contribution in [-0.2, 0) is 14.3 Å². The van der Waals surface area contributed by atoms with Crippen LogP contribution >= 0.6 is 11.8 Å². The first kappa shape index (κ1) is 19.5. The zero-order valence-electron chi connectivity index (χ0n) is 15.1. The molecular formula is C16H21N5O5S. The normalized spacial score (nSPS) is 22.5. The molecule has 2 aromatic heterocycles. The van der Waals surface area contributed by atoms with Gasteiger partial charge in [0.1, 0.15) is 6.23 Å². The number of rotatable bonds is 5. The number of aliphatic hydroxyl groups excluding tert-OH is 1. The number of H-pyrrole nitrogens is 1. The largest absolute Gasteiger partial charge is 0.390 e. The molecule has 1 saturated heterocycles. The first-order valence-corrected chi connectivity index (χ1v) is 9.49. The zero-order chi connectivity index (χ0) is 19.7. The number of thioether (sulfide) groups is 1. The Morgan fingerprint density at radius 1 is 1.52 bits per heavy atom. The lowest BCUT2D eigenvalue weighted by molar-refractivity contribution is -0.119. The highest BCUT2D eigenvalue weighted by molar-refractivity contribution is 8.13. The number of imidazole rings is 1. The number of carbonyl (C=O) groups is 2. The molecule has 1 fully saturated rings. The topological polar surface area (TPSA) is 139 Å². The van der Waals surface area contributed by atoms with Crippen molar-refractivity contribution in [2.45, 2.75) is 45.6 Å². The molecule has 0 saturated carbocycles. The van der Waals surface area contributed by atoms with Gasteiger partial charge in [-0.25, -0.2) is 4.98 Å². The van der Waals surface area contributed by atoms with Gasteiger partial charge in [-0.3, -0.25) is 29.3 Å². The molecule has 0 radical (unpaired) electrons. The lowest BCUT2D eigenvalue weighted by Gasteiger charge is -2.15. The molecule has 11 heteroatoms. The molecule has 1 amide bonds. The standard InChI is InChI=1S/C16H21N5O5S/c1-7(2)14(24)19-16-18-13-12(15(25)20-16)17-6-21(13)11-4-9(23)10(26-11)5-27-8(3)22/h6-7,9-11,23H,4-5H2,1-3H3,(H2,18,19,20,24,25)/t9?,10-,11-/m1/s1. The van der Waals surface area contributed by atoms with Gasteiger partial charge in [0, 0.05) is 25.0 Å². The van der Waals surface area contributed by atoms with Crippen molar-refractivity contribution < 1.29 is 19.4 Å². The van der Waals surface area contributed by atoms with E-state index < -0.39 is 24.0 Å². The van der Waals surface area contributed by atoms with E-state index in [0.29, 0.717) is 5.75 Å². The minimum absolute atomic E-state index is 0.0233. The monoisotopic (exact) mass is 395 g/mol. The average Bonchev–Trinajstić information content (AvgIpc) is 3.16. The van der Waals surface area contributed by atoms with Crippen LogP contribution in [0.1, 0.15) is 33.4 Å². The molecule has 0 aromatic carbocycles. The number of carbonyl (C=O) groups excluding carboxylic acids is 2. The lowest BCUT2D eigenvalue weighted by atomic mass is 10.2. The molecule has 3 atom stereocenters. The smallest absolute Gasteiger partial charge is 0.280 e. The van der Waals surface area contributed by atoms with E-state index in [0.717, 1.165) is 11.8 Å². The van der Waals surface area contributed by atoms with E-state index >= 15 is 0 Å². The number of hydrogen-bond donors (Lipinski definition) is 3. The molecular weight excluding hydrogens is 374 g/mol. The molecule has 2 aromatic rings. The molecule has 3 N–H and O–H groups in total. The third-order valence-corrected chi connectivity index (χ3v) is 5.07. The minimum Gasteiger partial charge on any atom is -0.390 e. The van der Waals surface area contributed by atoms with Gasteiger partial charge in [-0.05, 0) is 0 Å². The van der Waals surface area contributed by atoms with Crippen LogP contribution < -0.4 is 10.9 Å². The number of fused-ring (bicyclic) bond motifs is 1. The fourth-order valence-electron chi connectivity index (χ4n) is 2.69. The van der Waals surface area contributed by atoms with Crippen molar-refractivity contribution in [2.75, 3.05) is 11.1 Å². The number of aromatic nitrogens is 4. The first-order valence-electron chi connectivity index (χ1n) is 8.51. The Morgan fingerprint density at radius 3 is 2.93 bits per heavy atom. The van der Waals surface area contributed by atoms with Crippen molar-refractivity contribution in [3.63, 3.8) is 0 Å². The van der Waals surface area contributed by atoms with E-state index in [-0.39, 0.29) is 40.5 Å². The molecule has 10 nitrogen and oxygen atoms in total. The Labute approximate surface area is 158 Å². The number of hydrogen-bond acceptors (Lipinski definition) is 8. The van der Waals surface area contributed by atoms with Crippen LogP contribution in [0.15, 0.2) is 11.1 Å². The second-order valence-electron chi connectivity index (χ2n) is 6.62. The molecule has 0 bridgehead atoms. The number of ether oxygens (including phenoxy) is 1. The summed E-state index contributed by atoms with van der Waals surface area (Å²) in [7, 11) is 0. The van der Waals surface area contributed by atoms with Crippen LogP contribution in [0.5, 0.6) is 0 Å². The Bertz CT molecular complexity index is 924. The molecule has 146 valence electrons. The maximum absolute atomic E-state index is 12.2. The van der Waals surface area contributed by atoms with Gasteiger partial charge in [0.2, 0.25) is 11.9 Å². The maximum Gasteiger partial charge on any atom is 0.280 e. The lowest BCUT2D eigenvalue weighted by Crippen LogP contribution is -2.23. The summed E-state index contributed by atoms with van der Waals surface area (Å²) in [5, 5.41) is 12.7. The number of nitrogens with zero attached hydrogens (tertiary/aromatic N) is 3. The summed E-state index contributed by atoms with van der Waals surface area (Å²) in [6.07, 6.45) is -0.148. The van der Waals surface area contributed by atoms with Gasteiger partial charge >= 0.3 is 0 Å². The van der Waals surface area contributed by atoms with E-state index in [1.54, 1.807) is 18.4 Å². The van der Waals surface area contributed by atoms with Gasteiger partial charge in [-0.1, -0.05) is 25.6 Å². The Balaban J connectivity index is 1.87. The number of aliphatic hydroxyl groups is 1. The third-order valence-electron chi connectivity index (χ3n) is 4.16. The van der Waals surface area contributed by atoms with Crippen molar-refractivity contribution in [1.82, 2.24) is 19.5 Å². The highest BCUT2D eigenvalue weighted by Crippen LogP contribution is 2.32. The Kier molecular flexibility index (Phi) is 5.63. The van der Waals surface area contributed by atoms with Crippen LogP contribution in [0.2, 0.25) is 0 Å². The summed E-state index contributed by atoms with van der Waals surface area (Å²) in [4.78, 5) is 46.1. The number of nitrogens with one attached hydrogen (secondary N) is 2. The Hall–Kier alpha value is -2.24. The summed E-state index contributed by atoms with van der Waals surface area (Å²) >= 11 is 1.08. The summed E-state index contributed by atoms with van der Waals surface area (Å²) in [6.45, 7) is 4.91. The van der Waals surface area contributed by atoms with E-state index in [1.807, 2.05) is 0 Å². The summed E-state index contributed by atoms with van der Waals surface area (Å²) in [5.41, 5.74) is -0.132. The van der Waals surface area contributed by atoms with Crippen LogP contribution in [0, 0.1) is 5.92 Å². The van der Waals surface area contributed by atoms with Gasteiger partial charge in [-0.15, -0.1) is 0 Å². The molecule has 0 aliphatic carbocycles. The highest BCUT2D eigenvalue weighted by atomic mass is 32.2. The van der Waals surface area contributed by atoms with Crippen molar-refractivity contribution in [2.24, 2.45) is 5.92 Å². The molecule has 3 rings (SSSR count). The van der Waals surface area contributed by atoms with Crippen molar-refractivity contribution >= 4 is 39.9 Å². The molecule has 27 heavy (non-hydrogen) atoms. The average molecular weight is 395 g/mol. The number of anilines is 1. The van der Waals surface area contributed by atoms with Crippen molar-refractivity contribution in [3.8, 4) is 0 Å². The molecule has 3 heterocycles.